The Balaban J connectivity index is 2.33. The Morgan fingerprint density at radius 2 is 1.56 bits per heavy atom. The molecule has 2 N–H and O–H groups in total. The third-order valence-corrected chi connectivity index (χ3v) is 4.42. The number of benzene rings is 1. The number of hydrogen-bond donors (Lipinski definition) is 2. The van der Waals surface area contributed by atoms with Crippen molar-refractivity contribution in [2.24, 2.45) is 0 Å². The van der Waals surface area contributed by atoms with Crippen LogP contribution in [0, 0.1) is 12.3 Å². The molecule has 0 radical (unpaired) electrons. The molecule has 0 bridgehead atoms. The lowest BCUT2D eigenvalue weighted by Crippen LogP contribution is -2.25. The van der Waals surface area contributed by atoms with Gasteiger partial charge < -0.3 is 15.1 Å². The zero-order valence-electron chi connectivity index (χ0n) is 15.3. The van der Waals surface area contributed by atoms with Crippen LogP contribution in [0.25, 0.3) is 0 Å². The van der Waals surface area contributed by atoms with Crippen LogP contribution in [0.4, 0.5) is 5.69 Å². The van der Waals surface area contributed by atoms with Crippen LogP contribution in [0.1, 0.15) is 51.4 Å². The zero-order chi connectivity index (χ0) is 18.3. The largest absolute Gasteiger partial charge is 0.389 e. The Morgan fingerprint density at radius 1 is 0.960 bits per heavy atom. The van der Waals surface area contributed by atoms with Crippen molar-refractivity contribution in [2.45, 2.75) is 63.6 Å². The number of unbranched alkanes of at least 4 members (excludes halogenated alkanes) is 4. The summed E-state index contributed by atoms with van der Waals surface area (Å²) in [6.45, 7) is 5.66. The third-order valence-electron chi connectivity index (χ3n) is 4.42. The number of aliphatic hydroxyl groups is 2. The molecule has 0 saturated heterocycles. The summed E-state index contributed by atoms with van der Waals surface area (Å²) in [7, 11) is 0. The van der Waals surface area contributed by atoms with Crippen LogP contribution in [-0.4, -0.2) is 35.5 Å². The molecule has 0 heterocycles. The van der Waals surface area contributed by atoms with Gasteiger partial charge in [-0.25, -0.2) is 0 Å². The molecule has 1 rings (SSSR count). The molecule has 0 fully saturated rings. The van der Waals surface area contributed by atoms with Crippen LogP contribution < -0.4 is 4.90 Å². The first-order valence-electron chi connectivity index (χ1n) is 9.42. The standard InChI is InChI=1S/C22H33NO2/c1-3-21(24)16-10-6-12-18-23(20-14-8-5-9-15-20)19-13-7-11-17-22(25)4-2/h1,4-5,8-9,14-15,21-22,24-25H,2,6-7,10-13,16-19H2. The fraction of sp³-hybridized carbons (Fsp3) is 0.545. The van der Waals surface area contributed by atoms with Crippen molar-refractivity contribution >= 4 is 5.69 Å². The summed E-state index contributed by atoms with van der Waals surface area (Å²) in [6, 6.07) is 10.5. The molecule has 0 spiro atoms. The molecule has 0 saturated carbocycles. The quantitative estimate of drug-likeness (QED) is 0.303. The molecule has 0 amide bonds. The van der Waals surface area contributed by atoms with Crippen LogP contribution in [-0.2, 0) is 0 Å². The van der Waals surface area contributed by atoms with Crippen molar-refractivity contribution in [3.63, 3.8) is 0 Å². The van der Waals surface area contributed by atoms with Crippen LogP contribution in [0.15, 0.2) is 43.0 Å². The van der Waals surface area contributed by atoms with Crippen molar-refractivity contribution in [3.05, 3.63) is 43.0 Å². The minimum absolute atomic E-state index is 0.372. The van der Waals surface area contributed by atoms with Gasteiger partial charge in [0.15, 0.2) is 0 Å². The summed E-state index contributed by atoms with van der Waals surface area (Å²) in [4.78, 5) is 2.43. The normalized spacial score (nSPS) is 13.0. The van der Waals surface area contributed by atoms with Gasteiger partial charge in [0.2, 0.25) is 0 Å². The Bertz CT molecular complexity index is 494. The van der Waals surface area contributed by atoms with Crippen molar-refractivity contribution < 1.29 is 10.2 Å². The minimum atomic E-state index is -0.601. The number of nitrogens with zero attached hydrogens (tertiary/aromatic N) is 1. The average Bonchev–Trinajstić information content (AvgIpc) is 2.65. The lowest BCUT2D eigenvalue weighted by atomic mass is 10.1. The van der Waals surface area contributed by atoms with Crippen molar-refractivity contribution in [1.82, 2.24) is 0 Å². The van der Waals surface area contributed by atoms with Gasteiger partial charge in [-0.1, -0.05) is 49.5 Å². The number of aliphatic hydroxyl groups excluding tert-OH is 2. The molecule has 3 heteroatoms. The number of rotatable bonds is 14. The molecule has 2 unspecified atom stereocenters. The first kappa shape index (κ1) is 21.3. The summed E-state index contributed by atoms with van der Waals surface area (Å²) in [5.74, 6) is 2.36. The first-order valence-corrected chi connectivity index (χ1v) is 9.42. The highest BCUT2D eigenvalue weighted by Crippen LogP contribution is 2.16. The molecule has 0 aliphatic carbocycles. The van der Waals surface area contributed by atoms with E-state index in [0.29, 0.717) is 6.42 Å². The first-order chi connectivity index (χ1) is 12.2. The predicted molar refractivity (Wildman–Crippen MR) is 107 cm³/mol. The maximum Gasteiger partial charge on any atom is 0.114 e. The average molecular weight is 344 g/mol. The zero-order valence-corrected chi connectivity index (χ0v) is 15.3. The van der Waals surface area contributed by atoms with E-state index in [1.165, 1.54) is 5.69 Å². The van der Waals surface area contributed by atoms with E-state index in [9.17, 15) is 10.2 Å². The number of anilines is 1. The van der Waals surface area contributed by atoms with Gasteiger partial charge in [0.05, 0.1) is 6.10 Å². The van der Waals surface area contributed by atoms with Gasteiger partial charge in [-0.15, -0.1) is 13.0 Å². The van der Waals surface area contributed by atoms with Crippen LogP contribution in [0.5, 0.6) is 0 Å². The Kier molecular flexibility index (Phi) is 11.5. The van der Waals surface area contributed by atoms with E-state index in [2.05, 4.69) is 41.7 Å². The summed E-state index contributed by atoms with van der Waals surface area (Å²) >= 11 is 0. The number of para-hydroxylation sites is 1. The van der Waals surface area contributed by atoms with Crippen molar-refractivity contribution in [3.8, 4) is 12.3 Å². The fourth-order valence-corrected chi connectivity index (χ4v) is 2.86. The SMILES string of the molecule is C#CC(O)CCCCCN(CCCCCC(O)C=C)c1ccccc1. The molecular formula is C22H33NO2. The molecule has 1 aromatic rings. The Labute approximate surface area is 153 Å². The van der Waals surface area contributed by atoms with Gasteiger partial charge in [-0.3, -0.25) is 0 Å². The molecule has 138 valence electrons. The molecule has 2 atom stereocenters. The lowest BCUT2D eigenvalue weighted by Gasteiger charge is -2.25. The van der Waals surface area contributed by atoms with E-state index >= 15 is 0 Å². The summed E-state index contributed by atoms with van der Waals surface area (Å²) < 4.78 is 0. The second-order valence-electron chi connectivity index (χ2n) is 6.51. The maximum atomic E-state index is 9.51. The van der Waals surface area contributed by atoms with Crippen LogP contribution in [0.2, 0.25) is 0 Å². The van der Waals surface area contributed by atoms with E-state index < -0.39 is 6.10 Å². The summed E-state index contributed by atoms with van der Waals surface area (Å²) in [5.41, 5.74) is 1.26. The molecular weight excluding hydrogens is 310 g/mol. The molecule has 3 nitrogen and oxygen atoms in total. The fourth-order valence-electron chi connectivity index (χ4n) is 2.86. The lowest BCUT2D eigenvalue weighted by molar-refractivity contribution is 0.208. The Hall–Kier alpha value is -1.76. The molecule has 1 aromatic carbocycles. The van der Waals surface area contributed by atoms with E-state index in [1.807, 2.05) is 6.07 Å². The second-order valence-corrected chi connectivity index (χ2v) is 6.51. The van der Waals surface area contributed by atoms with E-state index in [0.717, 1.165) is 58.0 Å². The summed E-state index contributed by atoms with van der Waals surface area (Å²) in [5, 5.41) is 18.9. The van der Waals surface area contributed by atoms with E-state index in [-0.39, 0.29) is 6.10 Å². The number of terminal acetylenes is 1. The van der Waals surface area contributed by atoms with Gasteiger partial charge in [-0.2, -0.15) is 0 Å². The maximum absolute atomic E-state index is 9.51. The van der Waals surface area contributed by atoms with Crippen molar-refractivity contribution in [2.75, 3.05) is 18.0 Å². The highest BCUT2D eigenvalue weighted by atomic mass is 16.3. The minimum Gasteiger partial charge on any atom is -0.389 e. The highest BCUT2D eigenvalue weighted by Gasteiger charge is 2.07. The summed E-state index contributed by atoms with van der Waals surface area (Å²) in [6.07, 6.45) is 13.7. The monoisotopic (exact) mass is 343 g/mol. The predicted octanol–water partition coefficient (Wildman–Crippen LogP) is 4.15. The topological polar surface area (TPSA) is 43.7 Å². The van der Waals surface area contributed by atoms with Gasteiger partial charge in [0.25, 0.3) is 0 Å². The molecule has 0 aromatic heterocycles. The highest BCUT2D eigenvalue weighted by molar-refractivity contribution is 5.45. The third kappa shape index (κ3) is 9.96. The molecule has 0 aliphatic rings. The van der Waals surface area contributed by atoms with Gasteiger partial charge in [0, 0.05) is 18.8 Å². The van der Waals surface area contributed by atoms with Gasteiger partial charge in [0.1, 0.15) is 6.10 Å². The smallest absolute Gasteiger partial charge is 0.114 e. The van der Waals surface area contributed by atoms with Gasteiger partial charge >= 0.3 is 0 Å². The van der Waals surface area contributed by atoms with Crippen LogP contribution in [0.3, 0.4) is 0 Å². The molecule has 0 aliphatic heterocycles. The Morgan fingerprint density at radius 3 is 2.12 bits per heavy atom. The molecule has 25 heavy (non-hydrogen) atoms. The van der Waals surface area contributed by atoms with Gasteiger partial charge in [-0.05, 0) is 44.2 Å². The van der Waals surface area contributed by atoms with Crippen LogP contribution >= 0.6 is 0 Å². The van der Waals surface area contributed by atoms with E-state index in [4.69, 9.17) is 6.42 Å². The van der Waals surface area contributed by atoms with Crippen molar-refractivity contribution in [1.29, 1.82) is 0 Å². The van der Waals surface area contributed by atoms with E-state index in [1.54, 1.807) is 6.08 Å². The number of hydrogen-bond acceptors (Lipinski definition) is 3. The second kappa shape index (κ2) is 13.5.